The van der Waals surface area contributed by atoms with Gasteiger partial charge in [-0.25, -0.2) is 8.42 Å². The lowest BCUT2D eigenvalue weighted by Gasteiger charge is -2.07. The topological polar surface area (TPSA) is 138 Å². The summed E-state index contributed by atoms with van der Waals surface area (Å²) < 4.78 is 26.2. The van der Waals surface area contributed by atoms with Crippen molar-refractivity contribution in [1.82, 2.24) is 10.2 Å². The Morgan fingerprint density at radius 3 is 2.68 bits per heavy atom. The Morgan fingerprint density at radius 1 is 1.37 bits per heavy atom. The summed E-state index contributed by atoms with van der Waals surface area (Å²) in [4.78, 5) is 10.8. The van der Waals surface area contributed by atoms with E-state index in [9.17, 15) is 18.3 Å². The van der Waals surface area contributed by atoms with Crippen LogP contribution in [0.5, 0.6) is 5.75 Å². The van der Waals surface area contributed by atoms with Crippen LogP contribution in [0.4, 0.5) is 5.82 Å². The molecule has 1 aromatic heterocycles. The van der Waals surface area contributed by atoms with Crippen LogP contribution in [0.25, 0.3) is 0 Å². The van der Waals surface area contributed by atoms with Gasteiger partial charge in [0.25, 0.3) is 15.9 Å². The lowest BCUT2D eigenvalue weighted by Crippen LogP contribution is -2.16. The summed E-state index contributed by atoms with van der Waals surface area (Å²) in [5.74, 6) is -1.13. The summed E-state index contributed by atoms with van der Waals surface area (Å²) in [7, 11) is -3.90. The van der Waals surface area contributed by atoms with E-state index in [1.807, 2.05) is 0 Å². The minimum absolute atomic E-state index is 0.175. The highest BCUT2D eigenvalue weighted by molar-refractivity contribution is 7.92. The molecule has 1 amide bonds. The number of aromatic hydroxyl groups is 1. The van der Waals surface area contributed by atoms with Gasteiger partial charge in [0, 0.05) is 6.07 Å². The number of H-pyrrole nitrogens is 1. The van der Waals surface area contributed by atoms with Crippen molar-refractivity contribution in [2.24, 2.45) is 5.73 Å². The Hall–Kier alpha value is -2.55. The number of benzene rings is 1. The molecule has 2 rings (SSSR count). The third-order valence-electron chi connectivity index (χ3n) is 2.29. The van der Waals surface area contributed by atoms with Crippen LogP contribution in [0.1, 0.15) is 10.4 Å². The number of aromatic nitrogens is 2. The monoisotopic (exact) mass is 282 g/mol. The Labute approximate surface area is 108 Å². The van der Waals surface area contributed by atoms with E-state index in [0.717, 1.165) is 18.2 Å². The normalized spacial score (nSPS) is 11.2. The molecule has 0 saturated heterocycles. The fraction of sp³-hybridized carbons (Fsp3) is 0. The number of primary amides is 1. The summed E-state index contributed by atoms with van der Waals surface area (Å²) >= 11 is 0. The second-order valence-corrected chi connectivity index (χ2v) is 5.30. The van der Waals surface area contributed by atoms with Crippen LogP contribution in [-0.4, -0.2) is 29.6 Å². The number of rotatable bonds is 4. The molecule has 0 aliphatic heterocycles. The SMILES string of the molecule is NC(=O)c1cc(S(=O)(=O)Nc2ccn[nH]2)ccc1O. The maximum atomic E-state index is 12.0. The highest BCUT2D eigenvalue weighted by Gasteiger charge is 2.18. The summed E-state index contributed by atoms with van der Waals surface area (Å²) in [5.41, 5.74) is 4.76. The average Bonchev–Trinajstić information content (AvgIpc) is 2.80. The second-order valence-electron chi connectivity index (χ2n) is 3.62. The number of sulfonamides is 1. The molecule has 0 radical (unpaired) electrons. The number of aromatic amines is 1. The van der Waals surface area contributed by atoms with Gasteiger partial charge in [-0.3, -0.25) is 14.6 Å². The average molecular weight is 282 g/mol. The molecule has 5 N–H and O–H groups in total. The van der Waals surface area contributed by atoms with Crippen molar-refractivity contribution in [2.75, 3.05) is 4.72 Å². The molecule has 0 saturated carbocycles. The maximum absolute atomic E-state index is 12.0. The van der Waals surface area contributed by atoms with E-state index < -0.39 is 15.9 Å². The molecule has 0 unspecified atom stereocenters. The van der Waals surface area contributed by atoms with E-state index in [1.54, 1.807) is 0 Å². The van der Waals surface area contributed by atoms with Gasteiger partial charge >= 0.3 is 0 Å². The number of nitrogens with zero attached hydrogens (tertiary/aromatic N) is 1. The van der Waals surface area contributed by atoms with Crippen molar-refractivity contribution in [3.05, 3.63) is 36.0 Å². The molecular weight excluding hydrogens is 272 g/mol. The van der Waals surface area contributed by atoms with E-state index >= 15 is 0 Å². The summed E-state index contributed by atoms with van der Waals surface area (Å²) in [5, 5.41) is 15.4. The first-order valence-corrected chi connectivity index (χ1v) is 6.53. The van der Waals surface area contributed by atoms with Gasteiger partial charge in [0.15, 0.2) is 0 Å². The first-order chi connectivity index (χ1) is 8.90. The molecule has 1 aromatic carbocycles. The van der Waals surface area contributed by atoms with Crippen molar-refractivity contribution in [3.8, 4) is 5.75 Å². The van der Waals surface area contributed by atoms with E-state index in [4.69, 9.17) is 5.73 Å². The zero-order chi connectivity index (χ0) is 14.0. The number of hydrogen-bond donors (Lipinski definition) is 4. The van der Waals surface area contributed by atoms with Gasteiger partial charge in [0.1, 0.15) is 11.6 Å². The number of hydrogen-bond acceptors (Lipinski definition) is 5. The molecule has 0 bridgehead atoms. The van der Waals surface area contributed by atoms with Crippen LogP contribution in [-0.2, 0) is 10.0 Å². The van der Waals surface area contributed by atoms with E-state index in [1.165, 1.54) is 12.3 Å². The zero-order valence-corrected chi connectivity index (χ0v) is 10.3. The van der Waals surface area contributed by atoms with Crippen LogP contribution >= 0.6 is 0 Å². The Bertz CT molecular complexity index is 709. The predicted octanol–water partition coefficient (Wildman–Crippen LogP) is 0.0150. The Balaban J connectivity index is 2.41. The standard InChI is InChI=1S/C10H10N4O4S/c11-10(16)7-5-6(1-2-8(7)15)19(17,18)14-9-3-4-12-13-9/h1-5,15H,(H2,11,16)(H2,12,13,14). The third-order valence-corrected chi connectivity index (χ3v) is 3.65. The first kappa shape index (κ1) is 12.9. The van der Waals surface area contributed by atoms with Crippen LogP contribution in [0.3, 0.4) is 0 Å². The fourth-order valence-electron chi connectivity index (χ4n) is 1.40. The smallest absolute Gasteiger partial charge is 0.263 e. The molecule has 0 fully saturated rings. The number of amides is 1. The molecule has 8 nitrogen and oxygen atoms in total. The van der Waals surface area contributed by atoms with E-state index in [2.05, 4.69) is 14.9 Å². The quantitative estimate of drug-likeness (QED) is 0.626. The molecular formula is C10H10N4O4S. The second kappa shape index (κ2) is 4.61. The number of carbonyl (C=O) groups is 1. The molecule has 0 spiro atoms. The van der Waals surface area contributed by atoms with Gasteiger partial charge in [0.2, 0.25) is 0 Å². The zero-order valence-electron chi connectivity index (χ0n) is 9.49. The van der Waals surface area contributed by atoms with Crippen molar-refractivity contribution in [1.29, 1.82) is 0 Å². The molecule has 2 aromatic rings. The summed E-state index contributed by atoms with van der Waals surface area (Å²) in [6, 6.07) is 4.66. The van der Waals surface area contributed by atoms with Crippen molar-refractivity contribution in [2.45, 2.75) is 4.90 Å². The van der Waals surface area contributed by atoms with Gasteiger partial charge in [-0.1, -0.05) is 0 Å². The molecule has 0 aliphatic rings. The summed E-state index contributed by atoms with van der Waals surface area (Å²) in [6.45, 7) is 0. The third kappa shape index (κ3) is 2.65. The minimum atomic E-state index is -3.90. The van der Waals surface area contributed by atoms with Crippen LogP contribution in [0, 0.1) is 0 Å². The van der Waals surface area contributed by atoms with Crippen molar-refractivity contribution >= 4 is 21.7 Å². The van der Waals surface area contributed by atoms with Crippen LogP contribution in [0.2, 0.25) is 0 Å². The highest BCUT2D eigenvalue weighted by atomic mass is 32.2. The van der Waals surface area contributed by atoms with E-state index in [0.29, 0.717) is 0 Å². The Kier molecular flexibility index (Phi) is 3.13. The van der Waals surface area contributed by atoms with E-state index in [-0.39, 0.29) is 22.0 Å². The number of anilines is 1. The van der Waals surface area contributed by atoms with Gasteiger partial charge in [-0.05, 0) is 18.2 Å². The van der Waals surface area contributed by atoms with Crippen LogP contribution in [0.15, 0.2) is 35.4 Å². The molecule has 0 atom stereocenters. The molecule has 19 heavy (non-hydrogen) atoms. The fourth-order valence-corrected chi connectivity index (χ4v) is 2.44. The van der Waals surface area contributed by atoms with Gasteiger partial charge < -0.3 is 10.8 Å². The number of nitrogens with two attached hydrogens (primary N) is 1. The predicted molar refractivity (Wildman–Crippen MR) is 66.0 cm³/mol. The largest absolute Gasteiger partial charge is 0.507 e. The lowest BCUT2D eigenvalue weighted by atomic mass is 10.2. The first-order valence-electron chi connectivity index (χ1n) is 5.05. The number of phenols is 1. The van der Waals surface area contributed by atoms with Crippen LogP contribution < -0.4 is 10.5 Å². The van der Waals surface area contributed by atoms with Crippen molar-refractivity contribution in [3.63, 3.8) is 0 Å². The maximum Gasteiger partial charge on any atom is 0.263 e. The molecule has 100 valence electrons. The Morgan fingerprint density at radius 2 is 2.11 bits per heavy atom. The summed E-state index contributed by atoms with van der Waals surface area (Å²) in [6.07, 6.45) is 1.38. The number of carbonyl (C=O) groups excluding carboxylic acids is 1. The minimum Gasteiger partial charge on any atom is -0.507 e. The number of nitrogens with one attached hydrogen (secondary N) is 2. The van der Waals surface area contributed by atoms with Gasteiger partial charge in [0.05, 0.1) is 16.7 Å². The molecule has 9 heteroatoms. The molecule has 0 aliphatic carbocycles. The van der Waals surface area contributed by atoms with Gasteiger partial charge in [-0.15, -0.1) is 0 Å². The molecule has 1 heterocycles. The highest BCUT2D eigenvalue weighted by Crippen LogP contribution is 2.22. The van der Waals surface area contributed by atoms with Crippen molar-refractivity contribution < 1.29 is 18.3 Å². The lowest BCUT2D eigenvalue weighted by molar-refractivity contribution is 0.0997. The van der Waals surface area contributed by atoms with Gasteiger partial charge in [-0.2, -0.15) is 5.10 Å².